The summed E-state index contributed by atoms with van der Waals surface area (Å²) < 4.78 is 42.6. The Balaban J connectivity index is 1.61. The fourth-order valence-electron chi connectivity index (χ4n) is 2.74. The minimum Gasteiger partial charge on any atom is -0.435 e. The fraction of sp³-hybridized carbons (Fsp3) is 0.316. The lowest BCUT2D eigenvalue weighted by molar-refractivity contribution is -0.117. The summed E-state index contributed by atoms with van der Waals surface area (Å²) in [6.45, 7) is -2.59. The molecule has 0 heterocycles. The lowest BCUT2D eigenvalue weighted by atomic mass is 10.2. The molecule has 2 aromatic rings. The van der Waals surface area contributed by atoms with E-state index in [1.165, 1.54) is 36.4 Å². The second-order valence-corrected chi connectivity index (χ2v) is 6.69. The summed E-state index contributed by atoms with van der Waals surface area (Å²) in [6, 6.07) is 10.4. The van der Waals surface area contributed by atoms with Gasteiger partial charge in [-0.3, -0.25) is 9.69 Å². The number of benzene rings is 2. The number of halogens is 4. The highest BCUT2D eigenvalue weighted by Crippen LogP contribution is 2.30. The van der Waals surface area contributed by atoms with E-state index in [0.717, 1.165) is 12.8 Å². The van der Waals surface area contributed by atoms with Gasteiger partial charge in [-0.1, -0.05) is 17.7 Å². The molecule has 0 bridgehead atoms. The van der Waals surface area contributed by atoms with Crippen LogP contribution in [0.15, 0.2) is 42.5 Å². The first kappa shape index (κ1) is 19.5. The first-order valence-corrected chi connectivity index (χ1v) is 8.82. The fourth-order valence-corrected chi connectivity index (χ4v) is 2.97. The molecule has 0 unspecified atom stereocenters. The quantitative estimate of drug-likeness (QED) is 0.701. The second kappa shape index (κ2) is 8.63. The van der Waals surface area contributed by atoms with E-state index in [9.17, 15) is 18.0 Å². The van der Waals surface area contributed by atoms with Gasteiger partial charge in [-0.15, -0.1) is 0 Å². The Kier molecular flexibility index (Phi) is 6.23. The van der Waals surface area contributed by atoms with Gasteiger partial charge in [0.25, 0.3) is 0 Å². The third-order valence-electron chi connectivity index (χ3n) is 4.20. The Hall–Kier alpha value is -2.25. The van der Waals surface area contributed by atoms with E-state index < -0.39 is 12.4 Å². The standard InChI is InChI=1S/C19H18ClF3N2O2/c20-16-2-1-3-17(21)15(16)10-25(13-6-7-13)11-18(26)24-12-4-8-14(9-5-12)27-19(22)23/h1-5,8-9,13,19H,6-7,10-11H2,(H,24,26). The van der Waals surface area contributed by atoms with Crippen molar-refractivity contribution in [2.75, 3.05) is 11.9 Å². The highest BCUT2D eigenvalue weighted by molar-refractivity contribution is 6.31. The number of carbonyl (C=O) groups is 1. The number of hydrogen-bond acceptors (Lipinski definition) is 3. The van der Waals surface area contributed by atoms with Crippen molar-refractivity contribution in [1.29, 1.82) is 0 Å². The maximum Gasteiger partial charge on any atom is 0.387 e. The average Bonchev–Trinajstić information content (AvgIpc) is 3.43. The summed E-state index contributed by atoms with van der Waals surface area (Å²) in [6.07, 6.45) is 1.89. The van der Waals surface area contributed by atoms with Crippen molar-refractivity contribution in [3.63, 3.8) is 0 Å². The third kappa shape index (κ3) is 5.61. The van der Waals surface area contributed by atoms with Crippen LogP contribution in [0.1, 0.15) is 18.4 Å². The number of ether oxygens (including phenoxy) is 1. The van der Waals surface area contributed by atoms with E-state index in [1.807, 2.05) is 4.90 Å². The van der Waals surface area contributed by atoms with Crippen LogP contribution in [0.4, 0.5) is 18.9 Å². The molecular weight excluding hydrogens is 381 g/mol. The highest BCUT2D eigenvalue weighted by Gasteiger charge is 2.31. The minimum atomic E-state index is -2.90. The lowest BCUT2D eigenvalue weighted by Gasteiger charge is -2.22. The first-order chi connectivity index (χ1) is 12.9. The van der Waals surface area contributed by atoms with Gasteiger partial charge >= 0.3 is 6.61 Å². The summed E-state index contributed by atoms with van der Waals surface area (Å²) in [5.41, 5.74) is 0.827. The van der Waals surface area contributed by atoms with Gasteiger partial charge in [-0.2, -0.15) is 8.78 Å². The second-order valence-electron chi connectivity index (χ2n) is 6.29. The van der Waals surface area contributed by atoms with Gasteiger partial charge < -0.3 is 10.1 Å². The van der Waals surface area contributed by atoms with E-state index in [0.29, 0.717) is 16.3 Å². The number of alkyl halides is 2. The Morgan fingerprint density at radius 2 is 1.93 bits per heavy atom. The zero-order chi connectivity index (χ0) is 19.4. The van der Waals surface area contributed by atoms with E-state index in [-0.39, 0.29) is 30.8 Å². The number of nitrogens with zero attached hydrogens (tertiary/aromatic N) is 1. The topological polar surface area (TPSA) is 41.6 Å². The van der Waals surface area contributed by atoms with Crippen molar-refractivity contribution in [2.24, 2.45) is 0 Å². The van der Waals surface area contributed by atoms with Crippen LogP contribution in [0, 0.1) is 5.82 Å². The van der Waals surface area contributed by atoms with Gasteiger partial charge in [0.1, 0.15) is 11.6 Å². The van der Waals surface area contributed by atoms with Crippen molar-refractivity contribution in [3.05, 3.63) is 58.9 Å². The number of hydrogen-bond donors (Lipinski definition) is 1. The van der Waals surface area contributed by atoms with Crippen molar-refractivity contribution >= 4 is 23.2 Å². The number of rotatable bonds is 8. The molecule has 4 nitrogen and oxygen atoms in total. The molecular formula is C19H18ClF3N2O2. The van der Waals surface area contributed by atoms with Crippen LogP contribution in [0.5, 0.6) is 5.75 Å². The van der Waals surface area contributed by atoms with Gasteiger partial charge in [-0.25, -0.2) is 4.39 Å². The molecule has 0 aliphatic heterocycles. The van der Waals surface area contributed by atoms with Crippen LogP contribution >= 0.6 is 11.6 Å². The summed E-state index contributed by atoms with van der Waals surface area (Å²) in [5.74, 6) is -0.670. The minimum absolute atomic E-state index is 0.0109. The third-order valence-corrected chi connectivity index (χ3v) is 4.55. The average molecular weight is 399 g/mol. The summed E-state index contributed by atoms with van der Waals surface area (Å²) in [4.78, 5) is 14.2. The van der Waals surface area contributed by atoms with Crippen LogP contribution in [0.25, 0.3) is 0 Å². The van der Waals surface area contributed by atoms with Crippen molar-refractivity contribution in [1.82, 2.24) is 4.90 Å². The summed E-state index contributed by atoms with van der Waals surface area (Å²) >= 11 is 6.08. The van der Waals surface area contributed by atoms with Crippen molar-refractivity contribution in [3.8, 4) is 5.75 Å². The molecule has 0 radical (unpaired) electrons. The monoisotopic (exact) mass is 398 g/mol. The van der Waals surface area contributed by atoms with Crippen LogP contribution in [-0.4, -0.2) is 30.0 Å². The molecule has 0 spiro atoms. The van der Waals surface area contributed by atoms with E-state index >= 15 is 0 Å². The molecule has 0 atom stereocenters. The summed E-state index contributed by atoms with van der Waals surface area (Å²) in [5, 5.41) is 3.03. The zero-order valence-corrected chi connectivity index (χ0v) is 15.1. The molecule has 144 valence electrons. The molecule has 1 N–H and O–H groups in total. The molecule has 8 heteroatoms. The molecule has 1 amide bonds. The Labute approximate surface area is 159 Å². The van der Waals surface area contributed by atoms with Crippen LogP contribution in [0.3, 0.4) is 0 Å². The smallest absolute Gasteiger partial charge is 0.387 e. The van der Waals surface area contributed by atoms with Gasteiger partial charge in [0.15, 0.2) is 0 Å². The summed E-state index contributed by atoms with van der Waals surface area (Å²) in [7, 11) is 0. The molecule has 1 saturated carbocycles. The SMILES string of the molecule is O=C(CN(Cc1c(F)cccc1Cl)C1CC1)Nc1ccc(OC(F)F)cc1. The number of anilines is 1. The Bertz CT molecular complexity index is 778. The van der Waals surface area contributed by atoms with E-state index in [1.54, 1.807) is 6.07 Å². The van der Waals surface area contributed by atoms with Crippen LogP contribution < -0.4 is 10.1 Å². The van der Waals surface area contributed by atoms with Gasteiger partial charge in [0.05, 0.1) is 6.54 Å². The van der Waals surface area contributed by atoms with Crippen molar-refractivity contribution in [2.45, 2.75) is 32.0 Å². The molecule has 2 aromatic carbocycles. The van der Waals surface area contributed by atoms with E-state index in [4.69, 9.17) is 11.6 Å². The predicted octanol–water partition coefficient (Wildman–Crippen LogP) is 4.68. The largest absolute Gasteiger partial charge is 0.435 e. The zero-order valence-electron chi connectivity index (χ0n) is 14.3. The molecule has 1 aliphatic carbocycles. The molecule has 3 rings (SSSR count). The number of amides is 1. The van der Waals surface area contributed by atoms with Crippen LogP contribution in [-0.2, 0) is 11.3 Å². The number of nitrogens with one attached hydrogen (secondary N) is 1. The van der Waals surface area contributed by atoms with E-state index in [2.05, 4.69) is 10.1 Å². The van der Waals surface area contributed by atoms with Gasteiger partial charge in [0, 0.05) is 28.9 Å². The van der Waals surface area contributed by atoms with Gasteiger partial charge in [0.2, 0.25) is 5.91 Å². The predicted molar refractivity (Wildman–Crippen MR) is 96.5 cm³/mol. The van der Waals surface area contributed by atoms with Crippen LogP contribution in [0.2, 0.25) is 5.02 Å². The first-order valence-electron chi connectivity index (χ1n) is 8.44. The van der Waals surface area contributed by atoms with Gasteiger partial charge in [-0.05, 0) is 49.2 Å². The Morgan fingerprint density at radius 1 is 1.22 bits per heavy atom. The molecule has 27 heavy (non-hydrogen) atoms. The maximum absolute atomic E-state index is 14.0. The highest BCUT2D eigenvalue weighted by atomic mass is 35.5. The molecule has 0 saturated heterocycles. The number of carbonyl (C=O) groups excluding carboxylic acids is 1. The molecule has 1 aliphatic rings. The Morgan fingerprint density at radius 3 is 2.52 bits per heavy atom. The molecule has 1 fully saturated rings. The van der Waals surface area contributed by atoms with Crippen molar-refractivity contribution < 1.29 is 22.7 Å². The lowest BCUT2D eigenvalue weighted by Crippen LogP contribution is -2.34. The normalized spacial score (nSPS) is 13.9. The maximum atomic E-state index is 14.0. The molecule has 0 aromatic heterocycles.